The Morgan fingerprint density at radius 1 is 1.13 bits per heavy atom. The van der Waals surface area contributed by atoms with Gasteiger partial charge in [-0.25, -0.2) is 0 Å². The zero-order valence-corrected chi connectivity index (χ0v) is 13.0. The minimum Gasteiger partial charge on any atom is -0.268 e. The van der Waals surface area contributed by atoms with Gasteiger partial charge in [0.1, 0.15) is 0 Å². The Morgan fingerprint density at radius 2 is 1.96 bits per heavy atom. The van der Waals surface area contributed by atoms with Crippen LogP contribution in [-0.2, 0) is 13.0 Å². The first kappa shape index (κ1) is 13.8. The van der Waals surface area contributed by atoms with Gasteiger partial charge in [0.25, 0.3) is 0 Å². The molecule has 0 N–H and O–H groups in total. The van der Waals surface area contributed by atoms with Crippen molar-refractivity contribution in [1.82, 2.24) is 9.78 Å². The van der Waals surface area contributed by atoms with E-state index in [4.69, 9.17) is 5.26 Å². The predicted molar refractivity (Wildman–Crippen MR) is 90.0 cm³/mol. The molecule has 1 aliphatic rings. The van der Waals surface area contributed by atoms with Gasteiger partial charge < -0.3 is 0 Å². The number of rotatable bonds is 2. The zero-order chi connectivity index (χ0) is 15.8. The largest absolute Gasteiger partial charge is 0.268 e. The Bertz CT molecular complexity index is 900. The van der Waals surface area contributed by atoms with Crippen molar-refractivity contribution in [3.63, 3.8) is 0 Å². The van der Waals surface area contributed by atoms with Gasteiger partial charge in [-0.1, -0.05) is 36.4 Å². The highest BCUT2D eigenvalue weighted by Gasteiger charge is 2.27. The van der Waals surface area contributed by atoms with E-state index in [1.54, 1.807) is 0 Å². The Labute approximate surface area is 135 Å². The van der Waals surface area contributed by atoms with Crippen molar-refractivity contribution in [3.05, 3.63) is 77.1 Å². The topological polar surface area (TPSA) is 41.6 Å². The summed E-state index contributed by atoms with van der Waals surface area (Å²) in [7, 11) is 0. The number of hydrogen-bond donors (Lipinski definition) is 0. The lowest BCUT2D eigenvalue weighted by Gasteiger charge is -2.09. The Balaban J connectivity index is 1.70. The van der Waals surface area contributed by atoms with E-state index in [2.05, 4.69) is 53.1 Å². The quantitative estimate of drug-likeness (QED) is 0.715. The van der Waals surface area contributed by atoms with Crippen LogP contribution in [0.4, 0.5) is 0 Å². The molecule has 0 aliphatic carbocycles. The summed E-state index contributed by atoms with van der Waals surface area (Å²) in [6.45, 7) is 3.00. The fourth-order valence-electron chi connectivity index (χ4n) is 3.50. The number of hydrogen-bond acceptors (Lipinski definition) is 2. The summed E-state index contributed by atoms with van der Waals surface area (Å²) in [5.74, 6) is 0.498. The van der Waals surface area contributed by atoms with Crippen LogP contribution in [0.2, 0.25) is 0 Å². The monoisotopic (exact) mass is 299 g/mol. The van der Waals surface area contributed by atoms with Gasteiger partial charge in [0.2, 0.25) is 0 Å². The van der Waals surface area contributed by atoms with E-state index in [9.17, 15) is 0 Å². The van der Waals surface area contributed by atoms with Gasteiger partial charge in [0, 0.05) is 23.7 Å². The van der Waals surface area contributed by atoms with Crippen LogP contribution in [-0.4, -0.2) is 9.78 Å². The molecule has 0 amide bonds. The third-order valence-electron chi connectivity index (χ3n) is 4.70. The van der Waals surface area contributed by atoms with Crippen molar-refractivity contribution >= 4 is 0 Å². The lowest BCUT2D eigenvalue weighted by atomic mass is 9.93. The van der Waals surface area contributed by atoms with Crippen LogP contribution >= 0.6 is 0 Å². The van der Waals surface area contributed by atoms with Crippen LogP contribution in [0.1, 0.15) is 28.3 Å². The molecule has 3 heteroatoms. The normalized spacial score (nSPS) is 16.1. The summed E-state index contributed by atoms with van der Waals surface area (Å²) in [5, 5.41) is 13.6. The number of benzene rings is 2. The van der Waals surface area contributed by atoms with E-state index >= 15 is 0 Å². The van der Waals surface area contributed by atoms with Crippen molar-refractivity contribution in [1.29, 1.82) is 5.26 Å². The maximum Gasteiger partial charge on any atom is 0.0991 e. The summed E-state index contributed by atoms with van der Waals surface area (Å²) in [6.07, 6.45) is 2.98. The predicted octanol–water partition coefficient (Wildman–Crippen LogP) is 4.07. The summed E-state index contributed by atoms with van der Waals surface area (Å²) in [5.41, 5.74) is 6.89. The molecule has 3 nitrogen and oxygen atoms in total. The third kappa shape index (κ3) is 2.33. The molecule has 0 radical (unpaired) electrons. The van der Waals surface area contributed by atoms with Gasteiger partial charge in [-0.3, -0.25) is 4.68 Å². The molecule has 0 spiro atoms. The second-order valence-corrected chi connectivity index (χ2v) is 6.14. The van der Waals surface area contributed by atoms with E-state index < -0.39 is 0 Å². The number of nitriles is 1. The van der Waals surface area contributed by atoms with Crippen LogP contribution < -0.4 is 0 Å². The molecule has 0 saturated carbocycles. The summed E-state index contributed by atoms with van der Waals surface area (Å²) >= 11 is 0. The molecule has 1 aromatic heterocycles. The first-order valence-corrected chi connectivity index (χ1v) is 7.87. The van der Waals surface area contributed by atoms with Gasteiger partial charge in [-0.2, -0.15) is 10.4 Å². The minimum atomic E-state index is 0.498. The Hall–Kier alpha value is -2.86. The molecule has 4 rings (SSSR count). The summed E-state index contributed by atoms with van der Waals surface area (Å²) < 4.78 is 2.13. The molecule has 0 fully saturated rings. The maximum atomic E-state index is 9.03. The number of aromatic nitrogens is 2. The fraction of sp³-hybridized carbons (Fsp3) is 0.200. The van der Waals surface area contributed by atoms with Crippen LogP contribution in [0.3, 0.4) is 0 Å². The summed E-state index contributed by atoms with van der Waals surface area (Å²) in [6, 6.07) is 18.7. The van der Waals surface area contributed by atoms with Crippen molar-refractivity contribution in [2.75, 3.05) is 0 Å². The lowest BCUT2D eigenvalue weighted by molar-refractivity contribution is 0.597. The van der Waals surface area contributed by atoms with E-state index in [0.717, 1.165) is 18.5 Å². The molecule has 2 heterocycles. The van der Waals surface area contributed by atoms with Crippen LogP contribution in [0.15, 0.2) is 54.7 Å². The molecular formula is C20H17N3. The summed E-state index contributed by atoms with van der Waals surface area (Å²) in [4.78, 5) is 0. The molecule has 0 bridgehead atoms. The van der Waals surface area contributed by atoms with E-state index in [1.807, 2.05) is 24.4 Å². The SMILES string of the molecule is Cc1cc(C#N)ccc1-c1cnn2c1C[C@@H](c1ccccc1)C2. The smallest absolute Gasteiger partial charge is 0.0991 e. The van der Waals surface area contributed by atoms with Crippen LogP contribution in [0, 0.1) is 18.3 Å². The average molecular weight is 299 g/mol. The first-order valence-electron chi connectivity index (χ1n) is 7.87. The zero-order valence-electron chi connectivity index (χ0n) is 13.0. The van der Waals surface area contributed by atoms with Gasteiger partial charge in [0.05, 0.1) is 17.8 Å². The third-order valence-corrected chi connectivity index (χ3v) is 4.70. The molecule has 112 valence electrons. The Morgan fingerprint density at radius 3 is 2.70 bits per heavy atom. The molecule has 1 atom stereocenters. The maximum absolute atomic E-state index is 9.03. The first-order chi connectivity index (χ1) is 11.3. The standard InChI is InChI=1S/C20H17N3/c1-14-9-15(11-21)7-8-18(14)19-12-22-23-13-17(10-20(19)23)16-5-3-2-4-6-16/h2-9,12,17H,10,13H2,1H3/t17-/m1/s1. The number of aryl methyl sites for hydroxylation is 1. The molecule has 1 aliphatic heterocycles. The van der Waals surface area contributed by atoms with Crippen LogP contribution in [0.5, 0.6) is 0 Å². The second-order valence-electron chi connectivity index (χ2n) is 6.14. The second kappa shape index (κ2) is 5.40. The molecular weight excluding hydrogens is 282 g/mol. The van der Waals surface area contributed by atoms with Crippen LogP contribution in [0.25, 0.3) is 11.1 Å². The van der Waals surface area contributed by atoms with Gasteiger partial charge in [0.15, 0.2) is 0 Å². The number of nitrogens with zero attached hydrogens (tertiary/aromatic N) is 3. The van der Waals surface area contributed by atoms with Gasteiger partial charge >= 0.3 is 0 Å². The highest BCUT2D eigenvalue weighted by atomic mass is 15.3. The van der Waals surface area contributed by atoms with Gasteiger partial charge in [-0.05, 0) is 42.2 Å². The highest BCUT2D eigenvalue weighted by Crippen LogP contribution is 2.36. The molecule has 0 saturated heterocycles. The van der Waals surface area contributed by atoms with Crippen molar-refractivity contribution in [2.45, 2.75) is 25.8 Å². The number of fused-ring (bicyclic) bond motifs is 1. The molecule has 23 heavy (non-hydrogen) atoms. The highest BCUT2D eigenvalue weighted by molar-refractivity contribution is 5.70. The molecule has 0 unspecified atom stereocenters. The fourth-order valence-corrected chi connectivity index (χ4v) is 3.50. The van der Waals surface area contributed by atoms with E-state index in [-0.39, 0.29) is 0 Å². The van der Waals surface area contributed by atoms with E-state index in [0.29, 0.717) is 11.5 Å². The van der Waals surface area contributed by atoms with E-state index in [1.165, 1.54) is 22.4 Å². The molecule has 2 aromatic carbocycles. The average Bonchev–Trinajstić information content (AvgIpc) is 3.16. The van der Waals surface area contributed by atoms with Crippen molar-refractivity contribution in [2.24, 2.45) is 0 Å². The molecule has 3 aromatic rings. The lowest BCUT2D eigenvalue weighted by Crippen LogP contribution is -2.01. The minimum absolute atomic E-state index is 0.498. The van der Waals surface area contributed by atoms with Crippen molar-refractivity contribution < 1.29 is 0 Å². The van der Waals surface area contributed by atoms with Crippen molar-refractivity contribution in [3.8, 4) is 17.2 Å². The Kier molecular flexibility index (Phi) is 3.24. The van der Waals surface area contributed by atoms with Gasteiger partial charge in [-0.15, -0.1) is 0 Å².